The Kier molecular flexibility index (Phi) is 5.37. The van der Waals surface area contributed by atoms with Crippen molar-refractivity contribution in [3.63, 3.8) is 0 Å². The predicted molar refractivity (Wildman–Crippen MR) is 110 cm³/mol. The number of nitrogens with zero attached hydrogens (tertiary/aromatic N) is 1. The molecule has 156 valence electrons. The largest absolute Gasteiger partial charge is 0.454 e. The number of carbonyl (C=O) groups excluding carboxylic acids is 1. The van der Waals surface area contributed by atoms with Gasteiger partial charge < -0.3 is 10.3 Å². The summed E-state index contributed by atoms with van der Waals surface area (Å²) in [5.74, 6) is -0.542. The molecule has 30 heavy (non-hydrogen) atoms. The molecule has 1 saturated carbocycles. The summed E-state index contributed by atoms with van der Waals surface area (Å²) in [7, 11) is 0. The second-order valence-corrected chi connectivity index (χ2v) is 7.73. The van der Waals surface area contributed by atoms with Crippen LogP contribution in [0.3, 0.4) is 0 Å². The van der Waals surface area contributed by atoms with Gasteiger partial charge in [0.2, 0.25) is 0 Å². The third-order valence-electron chi connectivity index (χ3n) is 5.60. The van der Waals surface area contributed by atoms with Crippen LogP contribution in [0, 0.1) is 0 Å². The van der Waals surface area contributed by atoms with E-state index in [1.807, 2.05) is 24.3 Å². The van der Waals surface area contributed by atoms with Gasteiger partial charge in [0.1, 0.15) is 5.82 Å². The van der Waals surface area contributed by atoms with Crippen LogP contribution < -0.4 is 5.32 Å². The fourth-order valence-corrected chi connectivity index (χ4v) is 4.05. The molecule has 0 spiro atoms. The number of para-hydroxylation sites is 2. The molecular weight excluding hydrogens is 391 g/mol. The number of H-pyrrole nitrogens is 1. The molecule has 1 heterocycles. The standard InChI is InChI=1S/C23H22F3N3O/c1-14(15-9-11-16(12-10-15)21(30)23(24,25)26)27-18-6-4-5-17(13-18)22-28-19-7-2-3-8-20(19)29-22/h2-3,7-12,17-18,27H,1,4-6,13H2,(H,28,29)/t17-,18?/m1/s1. The minimum atomic E-state index is -4.87. The molecule has 0 radical (unpaired) electrons. The molecule has 4 nitrogen and oxygen atoms in total. The van der Waals surface area contributed by atoms with Crippen LogP contribution in [0.5, 0.6) is 0 Å². The summed E-state index contributed by atoms with van der Waals surface area (Å²) in [6.45, 7) is 4.03. The normalized spacial score (nSPS) is 19.6. The molecule has 0 saturated heterocycles. The lowest BCUT2D eigenvalue weighted by atomic mass is 9.85. The van der Waals surface area contributed by atoms with Crippen molar-refractivity contribution in [3.8, 4) is 0 Å². The molecule has 7 heteroatoms. The first kappa shape index (κ1) is 20.2. The van der Waals surface area contributed by atoms with Crippen molar-refractivity contribution in [1.29, 1.82) is 0 Å². The third kappa shape index (κ3) is 4.25. The van der Waals surface area contributed by atoms with Crippen LogP contribution in [0.15, 0.2) is 55.1 Å². The van der Waals surface area contributed by atoms with E-state index in [-0.39, 0.29) is 11.6 Å². The molecule has 0 amide bonds. The van der Waals surface area contributed by atoms with Gasteiger partial charge in [-0.1, -0.05) is 49.4 Å². The van der Waals surface area contributed by atoms with E-state index in [9.17, 15) is 18.0 Å². The van der Waals surface area contributed by atoms with E-state index < -0.39 is 12.0 Å². The van der Waals surface area contributed by atoms with Crippen LogP contribution in [0.4, 0.5) is 13.2 Å². The fraction of sp³-hybridized carbons (Fsp3) is 0.304. The monoisotopic (exact) mass is 413 g/mol. The van der Waals surface area contributed by atoms with Crippen molar-refractivity contribution in [2.24, 2.45) is 0 Å². The smallest absolute Gasteiger partial charge is 0.382 e. The van der Waals surface area contributed by atoms with Gasteiger partial charge in [0.05, 0.1) is 11.0 Å². The molecule has 2 N–H and O–H groups in total. The number of imidazole rings is 1. The van der Waals surface area contributed by atoms with Crippen LogP contribution in [0.2, 0.25) is 0 Å². The first-order valence-electron chi connectivity index (χ1n) is 9.93. The summed E-state index contributed by atoms with van der Waals surface area (Å²) in [4.78, 5) is 19.5. The number of aromatic amines is 1. The highest BCUT2D eigenvalue weighted by molar-refractivity contribution is 6.00. The molecule has 2 atom stereocenters. The van der Waals surface area contributed by atoms with Gasteiger partial charge in [0.15, 0.2) is 0 Å². The first-order valence-corrected chi connectivity index (χ1v) is 9.93. The maximum absolute atomic E-state index is 12.6. The number of nitrogens with one attached hydrogen (secondary N) is 2. The van der Waals surface area contributed by atoms with E-state index in [0.717, 1.165) is 42.5 Å². The molecule has 3 aromatic rings. The van der Waals surface area contributed by atoms with E-state index in [0.29, 0.717) is 17.2 Å². The Hall–Kier alpha value is -3.09. The summed E-state index contributed by atoms with van der Waals surface area (Å²) in [5.41, 5.74) is 2.92. The number of carbonyl (C=O) groups is 1. The van der Waals surface area contributed by atoms with Crippen molar-refractivity contribution in [1.82, 2.24) is 15.3 Å². The maximum atomic E-state index is 12.6. The lowest BCUT2D eigenvalue weighted by molar-refractivity contribution is -0.0885. The summed E-state index contributed by atoms with van der Waals surface area (Å²) in [6, 6.07) is 13.5. The zero-order valence-electron chi connectivity index (χ0n) is 16.3. The van der Waals surface area contributed by atoms with Crippen LogP contribution in [0.1, 0.15) is 53.3 Å². The first-order chi connectivity index (χ1) is 14.3. The van der Waals surface area contributed by atoms with Crippen molar-refractivity contribution in [2.75, 3.05) is 0 Å². The molecule has 4 rings (SSSR count). The van der Waals surface area contributed by atoms with Gasteiger partial charge in [-0.2, -0.15) is 13.2 Å². The number of rotatable bonds is 5. The van der Waals surface area contributed by atoms with Crippen LogP contribution in [-0.2, 0) is 0 Å². The van der Waals surface area contributed by atoms with E-state index in [2.05, 4.69) is 16.9 Å². The number of alkyl halides is 3. The van der Waals surface area contributed by atoms with Gasteiger partial charge >= 0.3 is 6.18 Å². The number of ketones is 1. The second kappa shape index (κ2) is 7.97. The maximum Gasteiger partial charge on any atom is 0.454 e. The summed E-state index contributed by atoms with van der Waals surface area (Å²) in [6.07, 6.45) is -0.890. The number of hydrogen-bond acceptors (Lipinski definition) is 3. The van der Waals surface area contributed by atoms with Crippen LogP contribution >= 0.6 is 0 Å². The van der Waals surface area contributed by atoms with Crippen molar-refractivity contribution < 1.29 is 18.0 Å². The van der Waals surface area contributed by atoms with E-state index in [1.54, 1.807) is 0 Å². The highest BCUT2D eigenvalue weighted by atomic mass is 19.4. The topological polar surface area (TPSA) is 57.8 Å². The average Bonchev–Trinajstić information content (AvgIpc) is 3.17. The van der Waals surface area contributed by atoms with E-state index >= 15 is 0 Å². The third-order valence-corrected chi connectivity index (χ3v) is 5.60. The Morgan fingerprint density at radius 3 is 2.47 bits per heavy atom. The summed E-state index contributed by atoms with van der Waals surface area (Å²) in [5, 5.41) is 3.40. The van der Waals surface area contributed by atoms with Crippen molar-refractivity contribution in [3.05, 3.63) is 72.1 Å². The van der Waals surface area contributed by atoms with Crippen molar-refractivity contribution in [2.45, 2.75) is 43.8 Å². The zero-order valence-corrected chi connectivity index (χ0v) is 16.3. The Balaban J connectivity index is 1.41. The summed E-state index contributed by atoms with van der Waals surface area (Å²) < 4.78 is 37.7. The van der Waals surface area contributed by atoms with Crippen LogP contribution in [0.25, 0.3) is 16.7 Å². The lowest BCUT2D eigenvalue weighted by Gasteiger charge is -2.30. The molecular formula is C23H22F3N3O. The molecule has 2 aromatic carbocycles. The van der Waals surface area contributed by atoms with Gasteiger partial charge in [0.25, 0.3) is 5.78 Å². The fourth-order valence-electron chi connectivity index (χ4n) is 4.05. The predicted octanol–water partition coefficient (Wildman–Crippen LogP) is 5.59. The number of aromatic nitrogens is 2. The van der Waals surface area contributed by atoms with Gasteiger partial charge in [-0.3, -0.25) is 4.79 Å². The lowest BCUT2D eigenvalue weighted by Crippen LogP contribution is -2.32. The highest BCUT2D eigenvalue weighted by Crippen LogP contribution is 2.33. The Labute approximate surface area is 172 Å². The van der Waals surface area contributed by atoms with Gasteiger partial charge in [-0.25, -0.2) is 4.98 Å². The molecule has 1 aliphatic rings. The number of benzene rings is 2. The minimum Gasteiger partial charge on any atom is -0.382 e. The quantitative estimate of drug-likeness (QED) is 0.536. The molecule has 0 bridgehead atoms. The van der Waals surface area contributed by atoms with Crippen LogP contribution in [-0.4, -0.2) is 28.0 Å². The number of fused-ring (bicyclic) bond motifs is 1. The summed E-state index contributed by atoms with van der Waals surface area (Å²) >= 11 is 0. The Morgan fingerprint density at radius 2 is 1.77 bits per heavy atom. The molecule has 1 aliphatic carbocycles. The molecule has 0 aliphatic heterocycles. The number of halogens is 3. The Bertz CT molecular complexity index is 1040. The minimum absolute atomic E-state index is 0.195. The van der Waals surface area contributed by atoms with Gasteiger partial charge in [-0.15, -0.1) is 0 Å². The van der Waals surface area contributed by atoms with Gasteiger partial charge in [0, 0.05) is 23.2 Å². The number of Topliss-reactive ketones (excluding diaryl/α,β-unsaturated/α-hetero) is 1. The SMILES string of the molecule is C=C(NC1CCC[C@@H](c2nc3ccccc3[nH]2)C1)c1ccc(C(=O)C(F)(F)F)cc1. The second-order valence-electron chi connectivity index (χ2n) is 7.73. The molecule has 1 fully saturated rings. The van der Waals surface area contributed by atoms with E-state index in [1.165, 1.54) is 24.3 Å². The zero-order chi connectivity index (χ0) is 21.3. The van der Waals surface area contributed by atoms with E-state index in [4.69, 9.17) is 4.98 Å². The average molecular weight is 413 g/mol. The molecule has 1 aromatic heterocycles. The molecule has 1 unspecified atom stereocenters. The number of hydrogen-bond donors (Lipinski definition) is 2. The Morgan fingerprint density at radius 1 is 1.07 bits per heavy atom. The van der Waals surface area contributed by atoms with Gasteiger partial charge in [-0.05, 0) is 37.0 Å². The van der Waals surface area contributed by atoms with Crippen molar-refractivity contribution >= 4 is 22.5 Å². The highest BCUT2D eigenvalue weighted by Gasteiger charge is 2.39.